The van der Waals surface area contributed by atoms with Gasteiger partial charge in [-0.15, -0.1) is 0 Å². The lowest BCUT2D eigenvalue weighted by molar-refractivity contribution is -0.278. The van der Waals surface area contributed by atoms with Crippen molar-refractivity contribution in [2.24, 2.45) is 0 Å². The molecule has 0 saturated carbocycles. The molecule has 5 atom stereocenters. The van der Waals surface area contributed by atoms with E-state index < -0.39 is 36.9 Å². The molecule has 0 spiro atoms. The zero-order chi connectivity index (χ0) is 28.3. The van der Waals surface area contributed by atoms with Crippen LogP contribution in [0.15, 0.2) is 78.9 Å². The summed E-state index contributed by atoms with van der Waals surface area (Å²) in [5, 5.41) is 31.2. The summed E-state index contributed by atoms with van der Waals surface area (Å²) < 4.78 is 27.1. The van der Waals surface area contributed by atoms with Crippen LogP contribution < -0.4 is 4.74 Å². The monoisotopic (exact) mass is 552 g/mol. The van der Waals surface area contributed by atoms with Crippen molar-refractivity contribution in [3.05, 3.63) is 101 Å². The number of hydrogen-bond acceptors (Lipinski definition) is 9. The molecule has 9 nitrogen and oxygen atoms in total. The van der Waals surface area contributed by atoms with Crippen molar-refractivity contribution in [2.45, 2.75) is 57.1 Å². The number of aliphatic hydroxyl groups is 3. The molecule has 9 heteroatoms. The second kappa shape index (κ2) is 14.8. The first-order valence-electron chi connectivity index (χ1n) is 13.4. The van der Waals surface area contributed by atoms with Crippen LogP contribution in [0, 0.1) is 0 Å². The van der Waals surface area contributed by atoms with E-state index in [1.54, 1.807) is 19.1 Å². The van der Waals surface area contributed by atoms with E-state index in [0.717, 1.165) is 23.1 Å². The minimum Gasteiger partial charge on any atom is -0.462 e. The van der Waals surface area contributed by atoms with Gasteiger partial charge >= 0.3 is 6.16 Å². The summed E-state index contributed by atoms with van der Waals surface area (Å²) in [7, 11) is 0. The van der Waals surface area contributed by atoms with Gasteiger partial charge in [-0.2, -0.15) is 0 Å². The molecule has 1 saturated heterocycles. The molecule has 3 aromatic carbocycles. The highest BCUT2D eigenvalue weighted by atomic mass is 16.7. The molecule has 0 aromatic heterocycles. The Labute approximate surface area is 233 Å². The van der Waals surface area contributed by atoms with E-state index in [9.17, 15) is 20.1 Å². The minimum atomic E-state index is -1.56. The third-order valence-corrected chi connectivity index (χ3v) is 6.58. The number of carbonyl (C=O) groups is 1. The Kier molecular flexibility index (Phi) is 10.9. The molecule has 1 aliphatic rings. The van der Waals surface area contributed by atoms with E-state index in [0.29, 0.717) is 25.4 Å². The zero-order valence-electron chi connectivity index (χ0n) is 22.4. The van der Waals surface area contributed by atoms with Crippen LogP contribution in [0.2, 0.25) is 0 Å². The van der Waals surface area contributed by atoms with E-state index in [2.05, 4.69) is 24.3 Å². The topological polar surface area (TPSA) is 124 Å². The van der Waals surface area contributed by atoms with Crippen molar-refractivity contribution in [1.82, 2.24) is 0 Å². The lowest BCUT2D eigenvalue weighted by atomic mass is 9.99. The summed E-state index contributed by atoms with van der Waals surface area (Å²) in [6.07, 6.45) is -6.55. The molecule has 1 fully saturated rings. The van der Waals surface area contributed by atoms with E-state index >= 15 is 0 Å². The Morgan fingerprint density at radius 2 is 1.50 bits per heavy atom. The Bertz CT molecular complexity index is 1180. The SMILES string of the molecule is CCOC(=O)OC[C@H]1OC(Oc2ccccc2Cc2ccc(CCOCc3ccccc3)cc2)[C@H](O)[C@@H](O)[C@@H]1O. The number of rotatable bonds is 12. The van der Waals surface area contributed by atoms with Crippen LogP contribution >= 0.6 is 0 Å². The Balaban J connectivity index is 1.33. The van der Waals surface area contributed by atoms with Crippen LogP contribution in [-0.4, -0.2) is 72.0 Å². The van der Waals surface area contributed by atoms with Crippen LogP contribution in [0.4, 0.5) is 4.79 Å². The van der Waals surface area contributed by atoms with Crippen molar-refractivity contribution in [2.75, 3.05) is 19.8 Å². The third-order valence-electron chi connectivity index (χ3n) is 6.58. The standard InChI is InChI=1S/C31H36O9/c1-2-37-31(35)38-20-26-27(32)28(33)29(34)30(40-26)39-25-11-7-6-10-24(25)18-22-14-12-21(13-15-22)16-17-36-19-23-8-4-3-5-9-23/h3-15,26-30,32-34H,2,16-20H2,1H3/t26-,27-,28+,29-,30?/m1/s1. The van der Waals surface area contributed by atoms with Crippen molar-refractivity contribution in [1.29, 1.82) is 0 Å². The Morgan fingerprint density at radius 3 is 2.25 bits per heavy atom. The molecule has 4 rings (SSSR count). The van der Waals surface area contributed by atoms with Gasteiger partial charge in [0, 0.05) is 6.42 Å². The van der Waals surface area contributed by atoms with Gasteiger partial charge < -0.3 is 39.0 Å². The largest absolute Gasteiger partial charge is 0.508 e. The maximum absolute atomic E-state index is 11.5. The zero-order valence-corrected chi connectivity index (χ0v) is 22.4. The molecule has 40 heavy (non-hydrogen) atoms. The fourth-order valence-corrected chi connectivity index (χ4v) is 4.35. The molecule has 214 valence electrons. The van der Waals surface area contributed by atoms with Crippen LogP contribution in [0.5, 0.6) is 5.75 Å². The fourth-order valence-electron chi connectivity index (χ4n) is 4.35. The van der Waals surface area contributed by atoms with Crippen molar-refractivity contribution in [3.63, 3.8) is 0 Å². The Morgan fingerprint density at radius 1 is 0.800 bits per heavy atom. The van der Waals surface area contributed by atoms with E-state index in [1.807, 2.05) is 42.5 Å². The third kappa shape index (κ3) is 8.27. The number of para-hydroxylation sites is 1. The lowest BCUT2D eigenvalue weighted by Crippen LogP contribution is -2.60. The van der Waals surface area contributed by atoms with Gasteiger partial charge in [-0.3, -0.25) is 0 Å². The average Bonchev–Trinajstić information content (AvgIpc) is 2.97. The number of aliphatic hydroxyl groups excluding tert-OH is 3. The second-order valence-electron chi connectivity index (χ2n) is 9.52. The smallest absolute Gasteiger partial charge is 0.462 e. The predicted octanol–water partition coefficient (Wildman–Crippen LogP) is 3.40. The molecule has 3 aromatic rings. The van der Waals surface area contributed by atoms with Crippen molar-refractivity contribution < 1.29 is 43.8 Å². The van der Waals surface area contributed by atoms with Gasteiger partial charge in [-0.05, 0) is 41.7 Å². The van der Waals surface area contributed by atoms with Gasteiger partial charge in [0.05, 0.1) is 19.8 Å². The first kappa shape index (κ1) is 29.5. The molecule has 1 unspecified atom stereocenters. The van der Waals surface area contributed by atoms with Gasteiger partial charge in [0.1, 0.15) is 36.8 Å². The van der Waals surface area contributed by atoms with Crippen LogP contribution in [-0.2, 0) is 38.4 Å². The van der Waals surface area contributed by atoms with Gasteiger partial charge in [0.25, 0.3) is 0 Å². The first-order chi connectivity index (χ1) is 19.4. The molecule has 1 heterocycles. The van der Waals surface area contributed by atoms with E-state index in [4.69, 9.17) is 23.7 Å². The highest BCUT2D eigenvalue weighted by Gasteiger charge is 2.45. The molecule has 0 amide bonds. The van der Waals surface area contributed by atoms with Crippen molar-refractivity contribution in [3.8, 4) is 5.75 Å². The Hall–Kier alpha value is -3.47. The molecule has 0 bridgehead atoms. The number of ether oxygens (including phenoxy) is 5. The first-order valence-corrected chi connectivity index (χ1v) is 13.4. The highest BCUT2D eigenvalue weighted by Crippen LogP contribution is 2.28. The summed E-state index contributed by atoms with van der Waals surface area (Å²) >= 11 is 0. The predicted molar refractivity (Wildman–Crippen MR) is 146 cm³/mol. The number of benzene rings is 3. The van der Waals surface area contributed by atoms with Crippen LogP contribution in [0.3, 0.4) is 0 Å². The van der Waals surface area contributed by atoms with Crippen molar-refractivity contribution >= 4 is 6.16 Å². The minimum absolute atomic E-state index is 0.128. The van der Waals surface area contributed by atoms with Gasteiger partial charge in [-0.1, -0.05) is 72.8 Å². The van der Waals surface area contributed by atoms with E-state index in [-0.39, 0.29) is 13.2 Å². The molecule has 1 aliphatic heterocycles. The van der Waals surface area contributed by atoms with Gasteiger partial charge in [-0.25, -0.2) is 4.79 Å². The molecule has 3 N–H and O–H groups in total. The van der Waals surface area contributed by atoms with E-state index in [1.165, 1.54) is 5.56 Å². The second-order valence-corrected chi connectivity index (χ2v) is 9.52. The normalized spacial score (nSPS) is 22.4. The van der Waals surface area contributed by atoms with Crippen LogP contribution in [0.1, 0.15) is 29.2 Å². The summed E-state index contributed by atoms with van der Waals surface area (Å²) in [6, 6.07) is 25.6. The maximum Gasteiger partial charge on any atom is 0.508 e. The highest BCUT2D eigenvalue weighted by molar-refractivity contribution is 5.59. The fraction of sp³-hybridized carbons (Fsp3) is 0.387. The number of carbonyl (C=O) groups excluding carboxylic acids is 1. The quantitative estimate of drug-likeness (QED) is 0.229. The summed E-state index contributed by atoms with van der Waals surface area (Å²) in [6.45, 7) is 2.59. The summed E-state index contributed by atoms with van der Waals surface area (Å²) in [4.78, 5) is 11.5. The van der Waals surface area contributed by atoms with Crippen LogP contribution in [0.25, 0.3) is 0 Å². The summed E-state index contributed by atoms with van der Waals surface area (Å²) in [5.74, 6) is 0.457. The van der Waals surface area contributed by atoms with Gasteiger partial charge in [0.2, 0.25) is 6.29 Å². The average molecular weight is 553 g/mol. The molecular weight excluding hydrogens is 516 g/mol. The summed E-state index contributed by atoms with van der Waals surface area (Å²) in [5.41, 5.74) is 4.23. The van der Waals surface area contributed by atoms with Gasteiger partial charge in [0.15, 0.2) is 0 Å². The number of hydrogen-bond donors (Lipinski definition) is 3. The molecule has 0 aliphatic carbocycles. The maximum atomic E-state index is 11.5. The molecular formula is C31H36O9. The molecule has 0 radical (unpaired) electrons. The lowest BCUT2D eigenvalue weighted by Gasteiger charge is -2.40.